The Bertz CT molecular complexity index is 432. The summed E-state index contributed by atoms with van der Waals surface area (Å²) in [4.78, 5) is 11.2. The molecule has 0 radical (unpaired) electrons. The highest BCUT2D eigenvalue weighted by Gasteiger charge is 2.06. The van der Waals surface area contributed by atoms with Crippen LogP contribution in [0.4, 0.5) is 4.39 Å². The van der Waals surface area contributed by atoms with E-state index in [0.717, 1.165) is 6.07 Å². The van der Waals surface area contributed by atoms with Crippen LogP contribution in [-0.2, 0) is 0 Å². The Kier molecular flexibility index (Phi) is 3.83. The fourth-order valence-electron chi connectivity index (χ4n) is 1.05. The summed E-state index contributed by atoms with van der Waals surface area (Å²) >= 11 is 0. The molecule has 3 nitrogen and oxygen atoms in total. The fourth-order valence-corrected chi connectivity index (χ4v) is 1.05. The van der Waals surface area contributed by atoms with E-state index < -0.39 is 5.82 Å². The van der Waals surface area contributed by atoms with Gasteiger partial charge in [0.2, 0.25) is 0 Å². The van der Waals surface area contributed by atoms with Crippen LogP contribution in [0, 0.1) is 17.7 Å². The molecule has 0 saturated heterocycles. The Balaban J connectivity index is 3.03. The highest BCUT2D eigenvalue weighted by atomic mass is 19.1. The molecule has 0 unspecified atom stereocenters. The lowest BCUT2D eigenvalue weighted by Gasteiger charge is -2.00. The van der Waals surface area contributed by atoms with Gasteiger partial charge in [0.25, 0.3) is 5.91 Å². The molecule has 0 bridgehead atoms. The molecular formula is C11H11FN2O. The highest BCUT2D eigenvalue weighted by Crippen LogP contribution is 2.09. The number of halogens is 1. The number of rotatable bonds is 1. The molecule has 0 aliphatic heterocycles. The normalized spacial score (nSPS) is 9.00. The van der Waals surface area contributed by atoms with E-state index >= 15 is 0 Å². The zero-order valence-electron chi connectivity index (χ0n) is 8.30. The summed E-state index contributed by atoms with van der Waals surface area (Å²) in [6, 6.07) is 4.13. The summed E-state index contributed by atoms with van der Waals surface area (Å²) in [6.45, 7) is 0.177. The van der Waals surface area contributed by atoms with Crippen molar-refractivity contribution in [2.24, 2.45) is 5.73 Å². The number of hydrogen-bond donors (Lipinski definition) is 2. The number of hydrogen-bond acceptors (Lipinski definition) is 2. The first-order chi connectivity index (χ1) is 7.19. The maximum absolute atomic E-state index is 13.3. The molecule has 0 aliphatic carbocycles. The fraction of sp³-hybridized carbons (Fsp3) is 0.182. The SMILES string of the molecule is CNC(=O)c1ccc(C#CCN)c(F)c1. The van der Waals surface area contributed by atoms with E-state index in [0.29, 0.717) is 0 Å². The zero-order chi connectivity index (χ0) is 11.3. The predicted molar refractivity (Wildman–Crippen MR) is 55.7 cm³/mol. The van der Waals surface area contributed by atoms with Crippen molar-refractivity contribution in [2.45, 2.75) is 0 Å². The monoisotopic (exact) mass is 206 g/mol. The third-order valence-electron chi connectivity index (χ3n) is 1.78. The van der Waals surface area contributed by atoms with Crippen LogP contribution >= 0.6 is 0 Å². The van der Waals surface area contributed by atoms with Gasteiger partial charge in [0.1, 0.15) is 5.82 Å². The second-order valence-corrected chi connectivity index (χ2v) is 2.78. The summed E-state index contributed by atoms with van der Waals surface area (Å²) in [7, 11) is 1.49. The first-order valence-electron chi connectivity index (χ1n) is 4.39. The minimum Gasteiger partial charge on any atom is -0.355 e. The van der Waals surface area contributed by atoms with Crippen molar-refractivity contribution < 1.29 is 9.18 Å². The summed E-state index contributed by atoms with van der Waals surface area (Å²) in [5.74, 6) is 4.28. The maximum atomic E-state index is 13.3. The molecule has 1 amide bonds. The number of benzene rings is 1. The van der Waals surface area contributed by atoms with Gasteiger partial charge in [0, 0.05) is 12.6 Å². The van der Waals surface area contributed by atoms with E-state index in [1.165, 1.54) is 19.2 Å². The Morgan fingerprint density at radius 2 is 2.33 bits per heavy atom. The van der Waals surface area contributed by atoms with Crippen molar-refractivity contribution >= 4 is 5.91 Å². The molecular weight excluding hydrogens is 195 g/mol. The highest BCUT2D eigenvalue weighted by molar-refractivity contribution is 5.94. The zero-order valence-corrected chi connectivity index (χ0v) is 8.30. The largest absolute Gasteiger partial charge is 0.355 e. The first kappa shape index (κ1) is 11.2. The van der Waals surface area contributed by atoms with Crippen LogP contribution < -0.4 is 11.1 Å². The van der Waals surface area contributed by atoms with Gasteiger partial charge in [-0.1, -0.05) is 11.8 Å². The Hall–Kier alpha value is -1.86. The van der Waals surface area contributed by atoms with Crippen molar-refractivity contribution in [2.75, 3.05) is 13.6 Å². The van der Waals surface area contributed by atoms with Crippen LogP contribution in [0.25, 0.3) is 0 Å². The van der Waals surface area contributed by atoms with Crippen LogP contribution in [0.5, 0.6) is 0 Å². The van der Waals surface area contributed by atoms with Crippen LogP contribution in [0.2, 0.25) is 0 Å². The quantitative estimate of drug-likeness (QED) is 0.657. The van der Waals surface area contributed by atoms with Crippen LogP contribution in [-0.4, -0.2) is 19.5 Å². The Morgan fingerprint density at radius 3 is 2.87 bits per heavy atom. The van der Waals surface area contributed by atoms with Crippen molar-refractivity contribution in [1.82, 2.24) is 5.32 Å². The smallest absolute Gasteiger partial charge is 0.251 e. The molecule has 0 saturated carbocycles. The van der Waals surface area contributed by atoms with E-state index in [2.05, 4.69) is 17.2 Å². The molecule has 15 heavy (non-hydrogen) atoms. The van der Waals surface area contributed by atoms with Gasteiger partial charge >= 0.3 is 0 Å². The van der Waals surface area contributed by atoms with Gasteiger partial charge in [0.15, 0.2) is 0 Å². The molecule has 0 atom stereocenters. The van der Waals surface area contributed by atoms with Gasteiger partial charge in [-0.25, -0.2) is 4.39 Å². The van der Waals surface area contributed by atoms with Crippen LogP contribution in [0.1, 0.15) is 15.9 Å². The number of amides is 1. The minimum atomic E-state index is -0.517. The van der Waals surface area contributed by atoms with Gasteiger partial charge in [-0.05, 0) is 18.2 Å². The summed E-state index contributed by atoms with van der Waals surface area (Å²) in [5, 5.41) is 2.41. The average Bonchev–Trinajstić information content (AvgIpc) is 2.26. The third kappa shape index (κ3) is 2.79. The van der Waals surface area contributed by atoms with Crippen LogP contribution in [0.15, 0.2) is 18.2 Å². The van der Waals surface area contributed by atoms with Gasteiger partial charge in [-0.15, -0.1) is 0 Å². The van der Waals surface area contributed by atoms with E-state index in [1.54, 1.807) is 0 Å². The van der Waals surface area contributed by atoms with Crippen molar-refractivity contribution in [3.05, 3.63) is 35.1 Å². The van der Waals surface area contributed by atoms with Gasteiger partial charge in [-0.3, -0.25) is 4.79 Å². The molecule has 1 rings (SSSR count). The molecule has 0 fully saturated rings. The predicted octanol–water partition coefficient (Wildman–Crippen LogP) is 0.495. The van der Waals surface area contributed by atoms with Crippen molar-refractivity contribution in [3.63, 3.8) is 0 Å². The number of nitrogens with one attached hydrogen (secondary N) is 1. The molecule has 1 aromatic rings. The number of carbonyl (C=O) groups is 1. The molecule has 0 aliphatic rings. The molecule has 0 heterocycles. The molecule has 0 aromatic heterocycles. The third-order valence-corrected chi connectivity index (χ3v) is 1.78. The number of nitrogens with two attached hydrogens (primary N) is 1. The maximum Gasteiger partial charge on any atom is 0.251 e. The van der Waals surface area contributed by atoms with Gasteiger partial charge < -0.3 is 11.1 Å². The standard InChI is InChI=1S/C11H11FN2O/c1-14-11(15)9-5-4-8(3-2-6-13)10(12)7-9/h4-5,7H,6,13H2,1H3,(H,14,15). The van der Waals surface area contributed by atoms with Crippen molar-refractivity contribution in [1.29, 1.82) is 0 Å². The molecule has 4 heteroatoms. The summed E-state index contributed by atoms with van der Waals surface area (Å²) in [5.41, 5.74) is 5.68. The second kappa shape index (κ2) is 5.13. The van der Waals surface area contributed by atoms with E-state index in [9.17, 15) is 9.18 Å². The second-order valence-electron chi connectivity index (χ2n) is 2.78. The molecule has 3 N–H and O–H groups in total. The van der Waals surface area contributed by atoms with Gasteiger partial charge in [-0.2, -0.15) is 0 Å². The molecule has 78 valence electrons. The minimum absolute atomic E-state index is 0.177. The molecule has 0 spiro atoms. The topological polar surface area (TPSA) is 55.1 Å². The van der Waals surface area contributed by atoms with E-state index in [4.69, 9.17) is 5.73 Å². The van der Waals surface area contributed by atoms with Gasteiger partial charge in [0.05, 0.1) is 12.1 Å². The lowest BCUT2D eigenvalue weighted by Crippen LogP contribution is -2.17. The summed E-state index contributed by atoms with van der Waals surface area (Å²) in [6.07, 6.45) is 0. The number of carbonyl (C=O) groups excluding carboxylic acids is 1. The lowest BCUT2D eigenvalue weighted by atomic mass is 10.1. The first-order valence-corrected chi connectivity index (χ1v) is 4.39. The Labute approximate surface area is 87.5 Å². The van der Waals surface area contributed by atoms with E-state index in [1.807, 2.05) is 0 Å². The lowest BCUT2D eigenvalue weighted by molar-refractivity contribution is 0.0962. The van der Waals surface area contributed by atoms with Crippen LogP contribution in [0.3, 0.4) is 0 Å². The summed E-state index contributed by atoms with van der Waals surface area (Å²) < 4.78 is 13.3. The van der Waals surface area contributed by atoms with Crippen molar-refractivity contribution in [3.8, 4) is 11.8 Å². The molecule has 1 aromatic carbocycles. The van der Waals surface area contributed by atoms with E-state index in [-0.39, 0.29) is 23.6 Å². The average molecular weight is 206 g/mol. The Morgan fingerprint density at radius 1 is 1.60 bits per heavy atom.